The first kappa shape index (κ1) is 15.4. The molecule has 21 heavy (non-hydrogen) atoms. The van der Waals surface area contributed by atoms with Crippen molar-refractivity contribution in [2.75, 3.05) is 19.7 Å². The van der Waals surface area contributed by atoms with Crippen molar-refractivity contribution in [2.24, 2.45) is 0 Å². The topological polar surface area (TPSA) is 66.8 Å². The lowest BCUT2D eigenvalue weighted by molar-refractivity contribution is -0.141. The maximum Gasteiger partial charge on any atom is 0.306 e. The summed E-state index contributed by atoms with van der Waals surface area (Å²) in [7, 11) is 0. The molecule has 5 nitrogen and oxygen atoms in total. The molecule has 0 saturated carbocycles. The summed E-state index contributed by atoms with van der Waals surface area (Å²) >= 11 is 0. The number of hydrogen-bond acceptors (Lipinski definition) is 3. The standard InChI is InChI=1S/C14H15F2NO4/c15-13(16)9-2-1-3-10(6-9)14(20)17-4-5-21-11(8-17)7-12(18)19/h1-3,6,11,13H,4-5,7-8H2,(H,18,19). The number of carboxylic acids is 1. The summed E-state index contributed by atoms with van der Waals surface area (Å²) in [5.41, 5.74) is -0.0417. The van der Waals surface area contributed by atoms with Gasteiger partial charge in [0.2, 0.25) is 0 Å². The lowest BCUT2D eigenvalue weighted by Crippen LogP contribution is -2.46. The van der Waals surface area contributed by atoms with E-state index in [1.54, 1.807) is 0 Å². The zero-order valence-corrected chi connectivity index (χ0v) is 11.2. The van der Waals surface area contributed by atoms with Crippen LogP contribution in [-0.4, -0.2) is 47.7 Å². The normalized spacial score (nSPS) is 18.8. The molecule has 0 bridgehead atoms. The second-order valence-corrected chi connectivity index (χ2v) is 4.77. The van der Waals surface area contributed by atoms with E-state index in [9.17, 15) is 18.4 Å². The number of carbonyl (C=O) groups excluding carboxylic acids is 1. The summed E-state index contributed by atoms with van der Waals surface area (Å²) in [6.07, 6.45) is -3.40. The van der Waals surface area contributed by atoms with Gasteiger partial charge in [0, 0.05) is 24.2 Å². The molecule has 0 spiro atoms. The third kappa shape index (κ3) is 3.98. The quantitative estimate of drug-likeness (QED) is 0.922. The van der Waals surface area contributed by atoms with Gasteiger partial charge in [-0.2, -0.15) is 0 Å². The van der Waals surface area contributed by atoms with Crippen LogP contribution >= 0.6 is 0 Å². The summed E-state index contributed by atoms with van der Waals surface area (Å²) in [6.45, 7) is 0.691. The molecule has 114 valence electrons. The van der Waals surface area contributed by atoms with Gasteiger partial charge in [-0.15, -0.1) is 0 Å². The average Bonchev–Trinajstić information content (AvgIpc) is 2.46. The highest BCUT2D eigenvalue weighted by atomic mass is 19.3. The Hall–Kier alpha value is -2.02. The van der Waals surface area contributed by atoms with Crippen molar-refractivity contribution in [3.8, 4) is 0 Å². The summed E-state index contributed by atoms with van der Waals surface area (Å²) in [5.74, 6) is -1.40. The van der Waals surface area contributed by atoms with Crippen LogP contribution in [0.2, 0.25) is 0 Å². The van der Waals surface area contributed by atoms with E-state index in [1.807, 2.05) is 0 Å². The number of rotatable bonds is 4. The van der Waals surface area contributed by atoms with Crippen LogP contribution in [0.5, 0.6) is 0 Å². The maximum atomic E-state index is 12.6. The number of alkyl halides is 2. The smallest absolute Gasteiger partial charge is 0.306 e. The molecule has 1 aliphatic heterocycles. The minimum atomic E-state index is -2.64. The first-order chi connectivity index (χ1) is 9.97. The van der Waals surface area contributed by atoms with E-state index in [-0.39, 0.29) is 30.7 Å². The molecule has 1 N–H and O–H groups in total. The van der Waals surface area contributed by atoms with Crippen LogP contribution in [0, 0.1) is 0 Å². The molecular formula is C14H15F2NO4. The third-order valence-corrected chi connectivity index (χ3v) is 3.21. The van der Waals surface area contributed by atoms with E-state index in [0.29, 0.717) is 6.54 Å². The molecule has 1 aromatic rings. The minimum absolute atomic E-state index is 0.143. The van der Waals surface area contributed by atoms with Gasteiger partial charge in [-0.1, -0.05) is 12.1 Å². The molecule has 1 aromatic carbocycles. The molecule has 0 aliphatic carbocycles. The van der Waals surface area contributed by atoms with Crippen LogP contribution in [0.3, 0.4) is 0 Å². The lowest BCUT2D eigenvalue weighted by Gasteiger charge is -2.32. The van der Waals surface area contributed by atoms with E-state index < -0.39 is 24.4 Å². The predicted molar refractivity (Wildman–Crippen MR) is 69.3 cm³/mol. The Kier molecular flexibility index (Phi) is 4.85. The fraction of sp³-hybridized carbons (Fsp3) is 0.429. The maximum absolute atomic E-state index is 12.6. The first-order valence-electron chi connectivity index (χ1n) is 6.48. The highest BCUT2D eigenvalue weighted by Gasteiger charge is 2.26. The van der Waals surface area contributed by atoms with Crippen molar-refractivity contribution in [1.29, 1.82) is 0 Å². The second kappa shape index (κ2) is 6.62. The number of benzene rings is 1. The van der Waals surface area contributed by atoms with E-state index in [4.69, 9.17) is 9.84 Å². The molecule has 1 amide bonds. The van der Waals surface area contributed by atoms with Gasteiger partial charge in [0.05, 0.1) is 19.1 Å². The molecule has 1 unspecified atom stereocenters. The summed E-state index contributed by atoms with van der Waals surface area (Å²) < 4.78 is 30.6. The van der Waals surface area contributed by atoms with Crippen LogP contribution in [0.25, 0.3) is 0 Å². The van der Waals surface area contributed by atoms with Crippen molar-refractivity contribution in [2.45, 2.75) is 19.0 Å². The Balaban J connectivity index is 2.08. The number of nitrogens with zero attached hydrogens (tertiary/aromatic N) is 1. The number of ether oxygens (including phenoxy) is 1. The van der Waals surface area contributed by atoms with Crippen LogP contribution < -0.4 is 0 Å². The van der Waals surface area contributed by atoms with Crippen molar-refractivity contribution in [1.82, 2.24) is 4.90 Å². The Morgan fingerprint density at radius 1 is 1.43 bits per heavy atom. The third-order valence-electron chi connectivity index (χ3n) is 3.21. The van der Waals surface area contributed by atoms with Gasteiger partial charge in [0.1, 0.15) is 0 Å². The fourth-order valence-electron chi connectivity index (χ4n) is 2.21. The summed E-state index contributed by atoms with van der Waals surface area (Å²) in [5, 5.41) is 8.74. The minimum Gasteiger partial charge on any atom is -0.481 e. The molecular weight excluding hydrogens is 284 g/mol. The van der Waals surface area contributed by atoms with Crippen molar-refractivity contribution < 1.29 is 28.2 Å². The Bertz CT molecular complexity index is 535. The van der Waals surface area contributed by atoms with Crippen LogP contribution in [0.1, 0.15) is 28.8 Å². The van der Waals surface area contributed by atoms with Gasteiger partial charge in [-0.25, -0.2) is 8.78 Å². The number of hydrogen-bond donors (Lipinski definition) is 1. The van der Waals surface area contributed by atoms with Crippen molar-refractivity contribution in [3.63, 3.8) is 0 Å². The molecule has 7 heteroatoms. The molecule has 1 saturated heterocycles. The predicted octanol–water partition coefficient (Wildman–Crippen LogP) is 1.94. The highest BCUT2D eigenvalue weighted by molar-refractivity contribution is 5.94. The average molecular weight is 299 g/mol. The number of aliphatic carboxylic acids is 1. The Labute approximate surface area is 120 Å². The molecule has 0 radical (unpaired) electrons. The molecule has 1 fully saturated rings. The van der Waals surface area contributed by atoms with Crippen molar-refractivity contribution >= 4 is 11.9 Å². The van der Waals surface area contributed by atoms with Gasteiger partial charge in [-0.3, -0.25) is 9.59 Å². The zero-order chi connectivity index (χ0) is 15.4. The second-order valence-electron chi connectivity index (χ2n) is 4.77. The van der Waals surface area contributed by atoms with Gasteiger partial charge in [0.15, 0.2) is 0 Å². The van der Waals surface area contributed by atoms with Crippen LogP contribution in [0.4, 0.5) is 8.78 Å². The van der Waals surface area contributed by atoms with E-state index in [0.717, 1.165) is 6.07 Å². The number of amides is 1. The lowest BCUT2D eigenvalue weighted by atomic mass is 10.1. The molecule has 1 atom stereocenters. The van der Waals surface area contributed by atoms with E-state index in [2.05, 4.69) is 0 Å². The largest absolute Gasteiger partial charge is 0.481 e. The van der Waals surface area contributed by atoms with E-state index in [1.165, 1.54) is 23.1 Å². The Morgan fingerprint density at radius 2 is 2.19 bits per heavy atom. The first-order valence-corrected chi connectivity index (χ1v) is 6.48. The van der Waals surface area contributed by atoms with Crippen LogP contribution in [-0.2, 0) is 9.53 Å². The van der Waals surface area contributed by atoms with Gasteiger partial charge >= 0.3 is 5.97 Å². The van der Waals surface area contributed by atoms with Gasteiger partial charge in [-0.05, 0) is 12.1 Å². The highest BCUT2D eigenvalue weighted by Crippen LogP contribution is 2.21. The SMILES string of the molecule is O=C(O)CC1CN(C(=O)c2cccc(C(F)F)c2)CCO1. The van der Waals surface area contributed by atoms with Crippen molar-refractivity contribution in [3.05, 3.63) is 35.4 Å². The molecule has 1 heterocycles. The summed E-state index contributed by atoms with van der Waals surface area (Å²) in [4.78, 5) is 24.4. The van der Waals surface area contributed by atoms with E-state index >= 15 is 0 Å². The zero-order valence-electron chi connectivity index (χ0n) is 11.2. The summed E-state index contributed by atoms with van der Waals surface area (Å²) in [6, 6.07) is 5.29. The fourth-order valence-corrected chi connectivity index (χ4v) is 2.21. The number of morpholine rings is 1. The Morgan fingerprint density at radius 3 is 2.86 bits per heavy atom. The number of carboxylic acid groups (broad SMARTS) is 1. The number of carbonyl (C=O) groups is 2. The monoisotopic (exact) mass is 299 g/mol. The molecule has 2 rings (SSSR count). The number of halogens is 2. The molecule has 1 aliphatic rings. The van der Waals surface area contributed by atoms with Crippen LogP contribution in [0.15, 0.2) is 24.3 Å². The molecule has 0 aromatic heterocycles. The van der Waals surface area contributed by atoms with Gasteiger partial charge < -0.3 is 14.7 Å². The van der Waals surface area contributed by atoms with Gasteiger partial charge in [0.25, 0.3) is 12.3 Å².